The number of likely N-dealkylation sites (tertiary alicyclic amines) is 1. The monoisotopic (exact) mass is 439 g/mol. The first-order valence-electron chi connectivity index (χ1n) is 9.61. The number of benzene rings is 1. The second-order valence-corrected chi connectivity index (χ2v) is 10.1. The predicted octanol–water partition coefficient (Wildman–Crippen LogP) is 5.57. The number of rotatable bonds is 5. The Balaban J connectivity index is 1.65. The maximum absolute atomic E-state index is 12.6. The summed E-state index contributed by atoms with van der Waals surface area (Å²) in [6.45, 7) is 8.54. The molecule has 152 valence electrons. The van der Waals surface area contributed by atoms with Crippen molar-refractivity contribution >= 4 is 40.4 Å². The first kappa shape index (κ1) is 21.6. The first-order chi connectivity index (χ1) is 13.3. The number of aromatic nitrogens is 1. The van der Waals surface area contributed by atoms with Crippen LogP contribution in [0.25, 0.3) is 0 Å². The summed E-state index contributed by atoms with van der Waals surface area (Å²) in [5.41, 5.74) is 0.643. The van der Waals surface area contributed by atoms with Gasteiger partial charge in [0.15, 0.2) is 0 Å². The van der Waals surface area contributed by atoms with E-state index in [0.717, 1.165) is 43.0 Å². The highest BCUT2D eigenvalue weighted by atomic mass is 35.5. The summed E-state index contributed by atoms with van der Waals surface area (Å²) in [5.74, 6) is 0.448. The van der Waals surface area contributed by atoms with E-state index in [-0.39, 0.29) is 11.9 Å². The van der Waals surface area contributed by atoms with Gasteiger partial charge in [-0.3, -0.25) is 9.69 Å². The number of hydrogen-bond donors (Lipinski definition) is 1. The molecule has 1 fully saturated rings. The van der Waals surface area contributed by atoms with E-state index in [0.29, 0.717) is 16.0 Å². The van der Waals surface area contributed by atoms with Gasteiger partial charge in [-0.15, -0.1) is 11.3 Å². The molecule has 0 radical (unpaired) electrons. The molecule has 3 rings (SSSR count). The van der Waals surface area contributed by atoms with Gasteiger partial charge >= 0.3 is 0 Å². The van der Waals surface area contributed by atoms with Crippen LogP contribution < -0.4 is 5.32 Å². The highest BCUT2D eigenvalue weighted by Gasteiger charge is 2.33. The number of thiazole rings is 1. The van der Waals surface area contributed by atoms with Crippen molar-refractivity contribution in [3.8, 4) is 0 Å². The topological polar surface area (TPSA) is 45.2 Å². The minimum absolute atomic E-state index is 0.0244. The van der Waals surface area contributed by atoms with Gasteiger partial charge in [-0.1, -0.05) is 56.1 Å². The lowest BCUT2D eigenvalue weighted by Gasteiger charge is -2.36. The summed E-state index contributed by atoms with van der Waals surface area (Å²) < 4.78 is 0. The minimum atomic E-state index is -0.417. The third-order valence-electron chi connectivity index (χ3n) is 5.21. The van der Waals surface area contributed by atoms with E-state index in [4.69, 9.17) is 23.2 Å². The molecule has 1 aliphatic rings. The number of piperidine rings is 1. The zero-order valence-electron chi connectivity index (χ0n) is 16.5. The smallest absolute Gasteiger partial charge is 0.225 e. The summed E-state index contributed by atoms with van der Waals surface area (Å²) in [6, 6.07) is 5.76. The van der Waals surface area contributed by atoms with Crippen molar-refractivity contribution in [3.63, 3.8) is 0 Å². The van der Waals surface area contributed by atoms with Crippen LogP contribution in [0.5, 0.6) is 0 Å². The number of carbonyl (C=O) groups excluding carboxylic acids is 1. The number of halogens is 2. The van der Waals surface area contributed by atoms with Gasteiger partial charge in [-0.2, -0.15) is 0 Å². The molecule has 1 atom stereocenters. The molecule has 1 amide bonds. The molecule has 2 aromatic rings. The molecular formula is C21H27Cl2N3OS. The molecule has 1 aliphatic heterocycles. The van der Waals surface area contributed by atoms with Crippen molar-refractivity contribution in [3.05, 3.63) is 50.4 Å². The molecule has 4 nitrogen and oxygen atoms in total. The van der Waals surface area contributed by atoms with E-state index in [1.165, 1.54) is 0 Å². The Morgan fingerprint density at radius 3 is 2.64 bits per heavy atom. The molecule has 1 unspecified atom stereocenters. The van der Waals surface area contributed by atoms with Gasteiger partial charge in [-0.25, -0.2) is 4.98 Å². The van der Waals surface area contributed by atoms with E-state index in [2.05, 4.69) is 15.2 Å². The Labute approximate surface area is 181 Å². The molecule has 7 heteroatoms. The van der Waals surface area contributed by atoms with Crippen molar-refractivity contribution in [1.29, 1.82) is 0 Å². The van der Waals surface area contributed by atoms with Gasteiger partial charge in [0.25, 0.3) is 0 Å². The van der Waals surface area contributed by atoms with Crippen molar-refractivity contribution in [2.75, 3.05) is 13.1 Å². The number of nitrogens with one attached hydrogen (secondary N) is 1. The van der Waals surface area contributed by atoms with E-state index in [1.54, 1.807) is 11.3 Å². The van der Waals surface area contributed by atoms with Crippen LogP contribution in [-0.2, 0) is 11.3 Å². The normalized spacial score (nSPS) is 17.5. The van der Waals surface area contributed by atoms with E-state index in [9.17, 15) is 4.79 Å². The molecule has 0 spiro atoms. The van der Waals surface area contributed by atoms with Gasteiger partial charge in [0.2, 0.25) is 5.91 Å². The summed E-state index contributed by atoms with van der Waals surface area (Å²) in [5, 5.41) is 7.47. The maximum atomic E-state index is 12.6. The Kier molecular flexibility index (Phi) is 7.02. The van der Waals surface area contributed by atoms with Crippen LogP contribution in [-0.4, -0.2) is 28.9 Å². The van der Waals surface area contributed by atoms with Crippen LogP contribution in [0.4, 0.5) is 0 Å². The second-order valence-electron chi connectivity index (χ2n) is 8.40. The molecule has 28 heavy (non-hydrogen) atoms. The van der Waals surface area contributed by atoms with Crippen molar-refractivity contribution in [2.24, 2.45) is 11.3 Å². The molecule has 0 bridgehead atoms. The third kappa shape index (κ3) is 5.26. The lowest BCUT2D eigenvalue weighted by atomic mass is 9.87. The van der Waals surface area contributed by atoms with Gasteiger partial charge in [0, 0.05) is 23.5 Å². The maximum Gasteiger partial charge on any atom is 0.225 e. The number of hydrogen-bond acceptors (Lipinski definition) is 4. The van der Waals surface area contributed by atoms with Crippen LogP contribution in [0.1, 0.15) is 50.2 Å². The average molecular weight is 440 g/mol. The highest BCUT2D eigenvalue weighted by molar-refractivity contribution is 7.09. The van der Waals surface area contributed by atoms with Crippen LogP contribution >= 0.6 is 34.5 Å². The van der Waals surface area contributed by atoms with Crippen molar-refractivity contribution in [1.82, 2.24) is 15.2 Å². The second kappa shape index (κ2) is 9.12. The molecular weight excluding hydrogens is 413 g/mol. The van der Waals surface area contributed by atoms with E-state index in [1.807, 2.05) is 50.5 Å². The summed E-state index contributed by atoms with van der Waals surface area (Å²) >= 11 is 14.1. The number of carbonyl (C=O) groups is 1. The fraction of sp³-hybridized carbons (Fsp3) is 0.524. The van der Waals surface area contributed by atoms with Crippen LogP contribution in [0, 0.1) is 11.3 Å². The van der Waals surface area contributed by atoms with Gasteiger partial charge in [0.1, 0.15) is 5.01 Å². The summed E-state index contributed by atoms with van der Waals surface area (Å²) in [7, 11) is 0. The molecule has 1 N–H and O–H groups in total. The molecule has 0 aliphatic carbocycles. The SMILES string of the molecule is CC(C)(C)C(=O)NC(c1nccs1)C1CCN(Cc2cccc(Cl)c2Cl)CC1. The molecule has 2 heterocycles. The third-order valence-corrected chi connectivity index (χ3v) is 6.93. The minimum Gasteiger partial charge on any atom is -0.346 e. The number of amides is 1. The number of nitrogens with zero attached hydrogens (tertiary/aromatic N) is 2. The van der Waals surface area contributed by atoms with Crippen molar-refractivity contribution in [2.45, 2.75) is 46.2 Å². The average Bonchev–Trinajstić information content (AvgIpc) is 3.18. The Bertz CT molecular complexity index is 796. The van der Waals surface area contributed by atoms with Crippen LogP contribution in [0.2, 0.25) is 10.0 Å². The summed E-state index contributed by atoms with van der Waals surface area (Å²) in [4.78, 5) is 19.5. The van der Waals surface area contributed by atoms with Crippen LogP contribution in [0.15, 0.2) is 29.8 Å². The van der Waals surface area contributed by atoms with Crippen molar-refractivity contribution < 1.29 is 4.79 Å². The van der Waals surface area contributed by atoms with Gasteiger partial charge in [-0.05, 0) is 43.5 Å². The van der Waals surface area contributed by atoms with E-state index >= 15 is 0 Å². The van der Waals surface area contributed by atoms with Crippen LogP contribution in [0.3, 0.4) is 0 Å². The fourth-order valence-corrected chi connectivity index (χ4v) is 4.64. The van der Waals surface area contributed by atoms with Gasteiger partial charge in [0.05, 0.1) is 16.1 Å². The molecule has 1 aromatic carbocycles. The molecule has 1 saturated heterocycles. The zero-order valence-corrected chi connectivity index (χ0v) is 18.9. The highest BCUT2D eigenvalue weighted by Crippen LogP contribution is 2.34. The van der Waals surface area contributed by atoms with E-state index < -0.39 is 5.41 Å². The zero-order chi connectivity index (χ0) is 20.3. The Morgan fingerprint density at radius 1 is 1.32 bits per heavy atom. The standard InChI is InChI=1S/C21H27Cl2N3OS/c1-21(2,3)20(27)25-18(19-24-9-12-28-19)14-7-10-26(11-8-14)13-15-5-4-6-16(22)17(15)23/h4-6,9,12,14,18H,7-8,10-11,13H2,1-3H3,(H,25,27). The Hall–Kier alpha value is -1.14. The largest absolute Gasteiger partial charge is 0.346 e. The lowest BCUT2D eigenvalue weighted by molar-refractivity contribution is -0.129. The predicted molar refractivity (Wildman–Crippen MR) is 117 cm³/mol. The fourth-order valence-electron chi connectivity index (χ4n) is 3.48. The Morgan fingerprint density at radius 2 is 2.04 bits per heavy atom. The first-order valence-corrected chi connectivity index (χ1v) is 11.2. The lowest BCUT2D eigenvalue weighted by Crippen LogP contribution is -2.43. The quantitative estimate of drug-likeness (QED) is 0.662. The van der Waals surface area contributed by atoms with Gasteiger partial charge < -0.3 is 5.32 Å². The summed E-state index contributed by atoms with van der Waals surface area (Å²) in [6.07, 6.45) is 3.83. The molecule has 1 aromatic heterocycles. The molecule has 0 saturated carbocycles.